The number of amides is 1. The van der Waals surface area contributed by atoms with Crippen molar-refractivity contribution in [1.29, 1.82) is 0 Å². The smallest absolute Gasteiger partial charge is 0.275 e. The Hall–Kier alpha value is -1.77. The molecule has 0 fully saturated rings. The van der Waals surface area contributed by atoms with Gasteiger partial charge in [0.15, 0.2) is 17.2 Å². The van der Waals surface area contributed by atoms with Crippen molar-refractivity contribution in [2.24, 2.45) is 0 Å². The molecule has 136 valence electrons. The van der Waals surface area contributed by atoms with Crippen LogP contribution in [0.25, 0.3) is 0 Å². The van der Waals surface area contributed by atoms with Crippen LogP contribution in [0.5, 0.6) is 0 Å². The van der Waals surface area contributed by atoms with Crippen LogP contribution in [0.4, 0.5) is 10.8 Å². The van der Waals surface area contributed by atoms with E-state index in [2.05, 4.69) is 41.7 Å². The second-order valence-electron chi connectivity index (χ2n) is 6.63. The number of benzene rings is 1. The number of hydrogen-bond donors (Lipinski definition) is 3. The molecule has 2 rings (SSSR count). The number of carbonyl (C=O) groups is 1. The third kappa shape index (κ3) is 5.91. The van der Waals surface area contributed by atoms with Gasteiger partial charge in [0.25, 0.3) is 5.91 Å². The average molecular weight is 381 g/mol. The lowest BCUT2D eigenvalue weighted by molar-refractivity contribution is -0.895. The van der Waals surface area contributed by atoms with Crippen molar-refractivity contribution in [3.63, 3.8) is 0 Å². The fourth-order valence-corrected chi connectivity index (χ4v) is 3.50. The molecule has 8 heteroatoms. The molecular formula is C17H26N5OS2+. The maximum absolute atomic E-state index is 11.9. The third-order valence-electron chi connectivity index (χ3n) is 3.56. The molecule has 0 bridgehead atoms. The zero-order chi connectivity index (χ0) is 18.6. The summed E-state index contributed by atoms with van der Waals surface area (Å²) in [7, 11) is 1.96. The highest BCUT2D eigenvalue weighted by Crippen LogP contribution is 2.23. The minimum absolute atomic E-state index is 0.0304. The van der Waals surface area contributed by atoms with Crippen molar-refractivity contribution in [2.75, 3.05) is 18.9 Å². The topological polar surface area (TPSA) is 63.4 Å². The molecule has 1 amide bonds. The Kier molecular flexibility index (Phi) is 6.69. The van der Waals surface area contributed by atoms with Gasteiger partial charge in [-0.25, -0.2) is 0 Å². The van der Waals surface area contributed by atoms with Gasteiger partial charge in [0, 0.05) is 11.7 Å². The fraction of sp³-hybridized carbons (Fsp3) is 0.471. The Morgan fingerprint density at radius 2 is 2.12 bits per heavy atom. The predicted octanol–water partition coefficient (Wildman–Crippen LogP) is 2.03. The molecular weight excluding hydrogens is 354 g/mol. The molecule has 1 aromatic carbocycles. The number of anilines is 2. The highest BCUT2D eigenvalue weighted by molar-refractivity contribution is 7.73. The normalized spacial score (nSPS) is 12.2. The van der Waals surface area contributed by atoms with E-state index in [1.807, 2.05) is 27.0 Å². The van der Waals surface area contributed by atoms with Crippen LogP contribution in [-0.4, -0.2) is 35.3 Å². The second-order valence-corrected chi connectivity index (χ2v) is 8.25. The van der Waals surface area contributed by atoms with E-state index in [-0.39, 0.29) is 11.9 Å². The molecule has 0 saturated heterocycles. The SMILES string of the molecule is Cc1ccc(Nc2nn(C[NH+](C)CC(=O)NC(C)C)c(=S)s2)c(C)c1. The molecule has 25 heavy (non-hydrogen) atoms. The van der Waals surface area contributed by atoms with Gasteiger partial charge >= 0.3 is 0 Å². The van der Waals surface area contributed by atoms with Gasteiger partial charge in [0.05, 0.1) is 7.05 Å². The van der Waals surface area contributed by atoms with E-state index in [4.69, 9.17) is 12.2 Å². The number of carbonyl (C=O) groups excluding carboxylic acids is 1. The van der Waals surface area contributed by atoms with Gasteiger partial charge in [-0.1, -0.05) is 29.0 Å². The summed E-state index contributed by atoms with van der Waals surface area (Å²) in [5.41, 5.74) is 3.42. The minimum atomic E-state index is 0.0304. The molecule has 1 atom stereocenters. The summed E-state index contributed by atoms with van der Waals surface area (Å²) < 4.78 is 2.46. The van der Waals surface area contributed by atoms with Gasteiger partial charge in [-0.05, 0) is 51.5 Å². The summed E-state index contributed by atoms with van der Waals surface area (Å²) in [4.78, 5) is 12.9. The number of aromatic nitrogens is 2. The number of likely N-dealkylation sites (N-methyl/N-ethyl adjacent to an activating group) is 1. The second kappa shape index (κ2) is 8.55. The van der Waals surface area contributed by atoms with Gasteiger partial charge in [0.1, 0.15) is 0 Å². The largest absolute Gasteiger partial charge is 0.349 e. The summed E-state index contributed by atoms with van der Waals surface area (Å²) >= 11 is 6.85. The first-order valence-electron chi connectivity index (χ1n) is 8.27. The fourth-order valence-electron chi connectivity index (χ4n) is 2.48. The van der Waals surface area contributed by atoms with Crippen molar-refractivity contribution in [2.45, 2.75) is 40.4 Å². The van der Waals surface area contributed by atoms with Crippen molar-refractivity contribution in [3.8, 4) is 0 Å². The standard InChI is InChI=1S/C17H25N5OS2/c1-11(2)18-15(23)9-21(5)10-22-17(24)25-16(20-22)19-14-7-6-12(3)8-13(14)4/h6-8,11H,9-10H2,1-5H3,(H,18,23)(H,19,20)/p+1. The number of nitrogens with one attached hydrogen (secondary N) is 3. The summed E-state index contributed by atoms with van der Waals surface area (Å²) in [6.45, 7) is 8.98. The third-order valence-corrected chi connectivity index (χ3v) is 4.78. The predicted molar refractivity (Wildman–Crippen MR) is 105 cm³/mol. The molecule has 0 aliphatic heterocycles. The Morgan fingerprint density at radius 3 is 2.76 bits per heavy atom. The van der Waals surface area contributed by atoms with E-state index in [0.29, 0.717) is 17.2 Å². The number of hydrogen-bond acceptors (Lipinski definition) is 5. The highest BCUT2D eigenvalue weighted by Gasteiger charge is 2.13. The number of nitrogens with zero attached hydrogens (tertiary/aromatic N) is 2. The highest BCUT2D eigenvalue weighted by atomic mass is 32.1. The molecule has 0 aliphatic carbocycles. The van der Waals surface area contributed by atoms with Crippen LogP contribution in [0.15, 0.2) is 18.2 Å². The number of rotatable bonds is 7. The van der Waals surface area contributed by atoms with Crippen LogP contribution < -0.4 is 15.5 Å². The first-order chi connectivity index (χ1) is 11.7. The van der Waals surface area contributed by atoms with E-state index in [1.54, 1.807) is 4.68 Å². The lowest BCUT2D eigenvalue weighted by Gasteiger charge is -2.14. The van der Waals surface area contributed by atoms with Crippen LogP contribution in [0.3, 0.4) is 0 Å². The molecule has 6 nitrogen and oxygen atoms in total. The van der Waals surface area contributed by atoms with Gasteiger partial charge in [-0.2, -0.15) is 4.68 Å². The lowest BCUT2D eigenvalue weighted by Crippen LogP contribution is -3.09. The number of quaternary nitrogens is 1. The van der Waals surface area contributed by atoms with E-state index < -0.39 is 0 Å². The van der Waals surface area contributed by atoms with Crippen molar-refractivity contribution in [3.05, 3.63) is 33.3 Å². The van der Waals surface area contributed by atoms with Crippen molar-refractivity contribution >= 4 is 40.3 Å². The van der Waals surface area contributed by atoms with Gasteiger partial charge in [0.2, 0.25) is 5.13 Å². The minimum Gasteiger partial charge on any atom is -0.349 e. The van der Waals surface area contributed by atoms with Gasteiger partial charge in [-0.15, -0.1) is 5.10 Å². The van der Waals surface area contributed by atoms with Crippen molar-refractivity contribution in [1.82, 2.24) is 15.1 Å². The van der Waals surface area contributed by atoms with Crippen molar-refractivity contribution < 1.29 is 9.69 Å². The molecule has 0 radical (unpaired) electrons. The van der Waals surface area contributed by atoms with Crippen LogP contribution in [0, 0.1) is 17.8 Å². The Morgan fingerprint density at radius 1 is 1.40 bits per heavy atom. The maximum atomic E-state index is 11.9. The molecule has 3 N–H and O–H groups in total. The number of aryl methyl sites for hydroxylation is 2. The first-order valence-corrected chi connectivity index (χ1v) is 9.50. The molecule has 2 aromatic rings. The Balaban J connectivity index is 2.02. The summed E-state index contributed by atoms with van der Waals surface area (Å²) in [5.74, 6) is 0.0304. The van der Waals surface area contributed by atoms with Gasteiger partial charge in [-0.3, -0.25) is 4.79 Å². The Labute approximate surface area is 157 Å². The van der Waals surface area contributed by atoms with E-state index in [1.165, 1.54) is 22.5 Å². The van der Waals surface area contributed by atoms with Crippen LogP contribution >= 0.6 is 23.6 Å². The average Bonchev–Trinajstić information content (AvgIpc) is 2.80. The summed E-state index contributed by atoms with van der Waals surface area (Å²) in [6, 6.07) is 6.39. The molecule has 1 heterocycles. The van der Waals surface area contributed by atoms with E-state index in [9.17, 15) is 4.79 Å². The summed E-state index contributed by atoms with van der Waals surface area (Å²) in [5, 5.41) is 11.5. The lowest BCUT2D eigenvalue weighted by atomic mass is 10.1. The van der Waals surface area contributed by atoms with Crippen LogP contribution in [-0.2, 0) is 11.5 Å². The Bertz CT molecular complexity index is 797. The van der Waals surface area contributed by atoms with Crippen LogP contribution in [0.2, 0.25) is 0 Å². The zero-order valence-corrected chi connectivity index (χ0v) is 17.0. The van der Waals surface area contributed by atoms with Crippen LogP contribution in [0.1, 0.15) is 25.0 Å². The molecule has 1 aromatic heterocycles. The molecule has 0 spiro atoms. The maximum Gasteiger partial charge on any atom is 0.275 e. The quantitative estimate of drug-likeness (QED) is 0.643. The monoisotopic (exact) mass is 380 g/mol. The molecule has 1 unspecified atom stereocenters. The molecule has 0 saturated carbocycles. The first kappa shape index (κ1) is 19.6. The van der Waals surface area contributed by atoms with Gasteiger partial charge < -0.3 is 15.5 Å². The molecule has 0 aliphatic rings. The van der Waals surface area contributed by atoms with E-state index >= 15 is 0 Å². The summed E-state index contributed by atoms with van der Waals surface area (Å²) in [6.07, 6.45) is 0. The van der Waals surface area contributed by atoms with E-state index in [0.717, 1.165) is 15.7 Å². The zero-order valence-electron chi connectivity index (χ0n) is 15.3.